The molecule has 1 amide bonds. The quantitative estimate of drug-likeness (QED) is 0.335. The van der Waals surface area contributed by atoms with Crippen molar-refractivity contribution >= 4 is 17.3 Å². The zero-order chi connectivity index (χ0) is 14.8. The molecule has 0 aliphatic heterocycles. The van der Waals surface area contributed by atoms with E-state index in [0.717, 1.165) is 0 Å². The molecule has 1 unspecified atom stereocenters. The summed E-state index contributed by atoms with van der Waals surface area (Å²) in [4.78, 5) is 12.4. The second kappa shape index (κ2) is 5.20. The molecule has 2 heterocycles. The van der Waals surface area contributed by atoms with Gasteiger partial charge in [-0.05, 0) is 25.5 Å². The van der Waals surface area contributed by atoms with Gasteiger partial charge >= 0.3 is 0 Å². The van der Waals surface area contributed by atoms with Gasteiger partial charge in [0.2, 0.25) is 0 Å². The van der Waals surface area contributed by atoms with E-state index in [1.807, 2.05) is 19.1 Å². The lowest BCUT2D eigenvalue weighted by Crippen LogP contribution is -2.55. The summed E-state index contributed by atoms with van der Waals surface area (Å²) in [6, 6.07) is 5.46. The van der Waals surface area contributed by atoms with Crippen LogP contribution < -0.4 is 11.1 Å². The lowest BCUT2D eigenvalue weighted by Gasteiger charge is -2.27. The fourth-order valence-electron chi connectivity index (χ4n) is 1.87. The molecule has 2 aromatic heterocycles. The van der Waals surface area contributed by atoms with Crippen LogP contribution in [-0.2, 0) is 0 Å². The Labute approximate surface area is 116 Å². The van der Waals surface area contributed by atoms with E-state index in [4.69, 9.17) is 10.9 Å². The molecule has 106 valence electrons. The van der Waals surface area contributed by atoms with Gasteiger partial charge in [0.15, 0.2) is 5.84 Å². The van der Waals surface area contributed by atoms with Crippen LogP contribution in [0.2, 0.25) is 0 Å². The summed E-state index contributed by atoms with van der Waals surface area (Å²) in [5, 5.41) is 18.7. The fraction of sp³-hybridized carbons (Fsp3) is 0.308. The number of oxime groups is 1. The van der Waals surface area contributed by atoms with E-state index in [1.165, 1.54) is 6.20 Å². The number of hydrogen-bond acceptors (Lipinski definition) is 4. The standard InChI is InChI=1S/C13H17N5O2/c1-3-13(2,12(14)17-20)16-11(19)9-8-15-18-7-5-4-6-10(9)18/h4-8,20H,3H2,1-2H3,(H2,14,17)(H,16,19). The summed E-state index contributed by atoms with van der Waals surface area (Å²) in [6.07, 6.45) is 3.75. The first-order valence-corrected chi connectivity index (χ1v) is 6.24. The maximum atomic E-state index is 12.4. The van der Waals surface area contributed by atoms with Crippen LogP contribution in [0.15, 0.2) is 35.7 Å². The number of hydrogen-bond donors (Lipinski definition) is 3. The van der Waals surface area contributed by atoms with E-state index in [9.17, 15) is 4.79 Å². The van der Waals surface area contributed by atoms with Crippen molar-refractivity contribution < 1.29 is 10.0 Å². The highest BCUT2D eigenvalue weighted by atomic mass is 16.4. The second-order valence-corrected chi connectivity index (χ2v) is 4.71. The maximum Gasteiger partial charge on any atom is 0.255 e. The number of fused-ring (bicyclic) bond motifs is 1. The van der Waals surface area contributed by atoms with Crippen LogP contribution in [-0.4, -0.2) is 32.1 Å². The molecule has 0 aliphatic carbocycles. The highest BCUT2D eigenvalue weighted by Gasteiger charge is 2.30. The molecule has 0 radical (unpaired) electrons. The third-order valence-corrected chi connectivity index (χ3v) is 3.44. The van der Waals surface area contributed by atoms with Crippen LogP contribution in [0.1, 0.15) is 30.6 Å². The highest BCUT2D eigenvalue weighted by molar-refractivity contribution is 6.04. The van der Waals surface area contributed by atoms with Gasteiger partial charge in [0.25, 0.3) is 5.91 Å². The van der Waals surface area contributed by atoms with Crippen molar-refractivity contribution in [2.75, 3.05) is 0 Å². The zero-order valence-corrected chi connectivity index (χ0v) is 11.4. The first-order valence-electron chi connectivity index (χ1n) is 6.24. The number of carbonyl (C=O) groups is 1. The molecule has 2 aromatic rings. The fourth-order valence-corrected chi connectivity index (χ4v) is 1.87. The molecule has 20 heavy (non-hydrogen) atoms. The molecular weight excluding hydrogens is 258 g/mol. The van der Waals surface area contributed by atoms with Crippen LogP contribution in [0, 0.1) is 0 Å². The van der Waals surface area contributed by atoms with Gasteiger partial charge in [-0.25, -0.2) is 4.52 Å². The van der Waals surface area contributed by atoms with Crippen molar-refractivity contribution in [1.82, 2.24) is 14.9 Å². The smallest absolute Gasteiger partial charge is 0.255 e. The molecule has 0 saturated carbocycles. The van der Waals surface area contributed by atoms with Gasteiger partial charge in [-0.3, -0.25) is 4.79 Å². The molecule has 0 saturated heterocycles. The number of aromatic nitrogens is 2. The van der Waals surface area contributed by atoms with E-state index in [0.29, 0.717) is 17.5 Å². The van der Waals surface area contributed by atoms with Crippen LogP contribution in [0.5, 0.6) is 0 Å². The number of rotatable bonds is 4. The summed E-state index contributed by atoms with van der Waals surface area (Å²) in [7, 11) is 0. The average Bonchev–Trinajstić information content (AvgIpc) is 2.90. The number of pyridine rings is 1. The molecular formula is C13H17N5O2. The number of carbonyl (C=O) groups excluding carboxylic acids is 1. The third kappa shape index (κ3) is 2.29. The number of nitrogens with two attached hydrogens (primary N) is 1. The maximum absolute atomic E-state index is 12.4. The largest absolute Gasteiger partial charge is 0.409 e. The molecule has 7 nitrogen and oxygen atoms in total. The molecule has 0 aliphatic rings. The lowest BCUT2D eigenvalue weighted by molar-refractivity contribution is 0.0926. The van der Waals surface area contributed by atoms with E-state index in [-0.39, 0.29) is 11.7 Å². The van der Waals surface area contributed by atoms with Crippen molar-refractivity contribution in [3.63, 3.8) is 0 Å². The van der Waals surface area contributed by atoms with Crippen LogP contribution >= 0.6 is 0 Å². The van der Waals surface area contributed by atoms with Crippen LogP contribution in [0.3, 0.4) is 0 Å². The van der Waals surface area contributed by atoms with E-state index in [1.54, 1.807) is 23.7 Å². The van der Waals surface area contributed by atoms with Gasteiger partial charge < -0.3 is 16.3 Å². The molecule has 2 rings (SSSR count). The molecule has 1 atom stereocenters. The SMILES string of the molecule is CCC(C)(NC(=O)c1cnn2ccccc12)/C(N)=N/O. The molecule has 0 bridgehead atoms. The molecule has 0 fully saturated rings. The predicted octanol–water partition coefficient (Wildman–Crippen LogP) is 0.979. The predicted molar refractivity (Wildman–Crippen MR) is 74.8 cm³/mol. The van der Waals surface area contributed by atoms with Crippen molar-refractivity contribution in [2.24, 2.45) is 10.9 Å². The van der Waals surface area contributed by atoms with E-state index in [2.05, 4.69) is 15.6 Å². The number of nitrogens with zero attached hydrogens (tertiary/aromatic N) is 3. The Morgan fingerprint density at radius 1 is 1.60 bits per heavy atom. The highest BCUT2D eigenvalue weighted by Crippen LogP contribution is 2.14. The van der Waals surface area contributed by atoms with Crippen LogP contribution in [0.4, 0.5) is 0 Å². The van der Waals surface area contributed by atoms with Gasteiger partial charge in [0.1, 0.15) is 0 Å². The Bertz CT molecular complexity index is 664. The monoisotopic (exact) mass is 275 g/mol. The van der Waals surface area contributed by atoms with Crippen molar-refractivity contribution in [3.05, 3.63) is 36.2 Å². The second-order valence-electron chi connectivity index (χ2n) is 4.71. The van der Waals surface area contributed by atoms with Gasteiger partial charge in [-0.2, -0.15) is 5.10 Å². The number of amidine groups is 1. The van der Waals surface area contributed by atoms with E-state index >= 15 is 0 Å². The molecule has 4 N–H and O–H groups in total. The zero-order valence-electron chi connectivity index (χ0n) is 11.4. The van der Waals surface area contributed by atoms with Crippen molar-refractivity contribution in [1.29, 1.82) is 0 Å². The Morgan fingerprint density at radius 3 is 3.00 bits per heavy atom. The lowest BCUT2D eigenvalue weighted by atomic mass is 9.97. The summed E-state index contributed by atoms with van der Waals surface area (Å²) in [5.41, 5.74) is 5.87. The molecule has 0 spiro atoms. The van der Waals surface area contributed by atoms with Crippen molar-refractivity contribution in [2.45, 2.75) is 25.8 Å². The number of nitrogens with one attached hydrogen (secondary N) is 1. The first kappa shape index (κ1) is 13.9. The minimum absolute atomic E-state index is 0.0372. The van der Waals surface area contributed by atoms with Gasteiger partial charge in [-0.1, -0.05) is 18.1 Å². The van der Waals surface area contributed by atoms with E-state index < -0.39 is 5.54 Å². The molecule has 7 heteroatoms. The van der Waals surface area contributed by atoms with Gasteiger partial charge in [0, 0.05) is 6.20 Å². The third-order valence-electron chi connectivity index (χ3n) is 3.44. The topological polar surface area (TPSA) is 105 Å². The Morgan fingerprint density at radius 2 is 2.35 bits per heavy atom. The summed E-state index contributed by atoms with van der Waals surface area (Å²) < 4.78 is 1.61. The Kier molecular flexibility index (Phi) is 3.60. The summed E-state index contributed by atoms with van der Waals surface area (Å²) in [5.74, 6) is -0.355. The van der Waals surface area contributed by atoms with Crippen LogP contribution in [0.25, 0.3) is 5.52 Å². The summed E-state index contributed by atoms with van der Waals surface area (Å²) >= 11 is 0. The average molecular weight is 275 g/mol. The Balaban J connectivity index is 2.32. The number of amides is 1. The summed E-state index contributed by atoms with van der Waals surface area (Å²) in [6.45, 7) is 3.54. The minimum Gasteiger partial charge on any atom is -0.409 e. The molecule has 0 aromatic carbocycles. The Hall–Kier alpha value is -2.57. The normalized spacial score (nSPS) is 15.0. The van der Waals surface area contributed by atoms with Crippen molar-refractivity contribution in [3.8, 4) is 0 Å². The minimum atomic E-state index is -0.908. The first-order chi connectivity index (χ1) is 9.51. The van der Waals surface area contributed by atoms with Gasteiger partial charge in [-0.15, -0.1) is 0 Å². The van der Waals surface area contributed by atoms with Gasteiger partial charge in [0.05, 0.1) is 22.8 Å².